The minimum Gasteiger partial charge on any atom is -0.497 e. The third-order valence-electron chi connectivity index (χ3n) is 9.06. The SMILES string of the molecule is COc1ccc(CN(c2cc(C)n(Cc3ccc(OC)cc3)n2)c2nc(Nc3c(F)cc(S(C)(=O)=O)cc3F)nc(-c3cnn(C)c3)c2C2CC2)cc1. The van der Waals surface area contributed by atoms with Crippen LogP contribution in [-0.2, 0) is 30.0 Å². The van der Waals surface area contributed by atoms with Crippen LogP contribution in [0.5, 0.6) is 11.5 Å². The van der Waals surface area contributed by atoms with Gasteiger partial charge in [-0.1, -0.05) is 24.3 Å². The van der Waals surface area contributed by atoms with Crippen molar-refractivity contribution in [2.24, 2.45) is 7.05 Å². The second kappa shape index (κ2) is 14.3. The maximum atomic E-state index is 15.4. The van der Waals surface area contributed by atoms with Crippen molar-refractivity contribution in [3.05, 3.63) is 113 Å². The van der Waals surface area contributed by atoms with Crippen LogP contribution >= 0.6 is 0 Å². The van der Waals surface area contributed by atoms with Crippen molar-refractivity contribution in [1.29, 1.82) is 0 Å². The van der Waals surface area contributed by atoms with Gasteiger partial charge in [-0.05, 0) is 73.2 Å². The lowest BCUT2D eigenvalue weighted by atomic mass is 10.0. The van der Waals surface area contributed by atoms with E-state index in [1.807, 2.05) is 77.3 Å². The summed E-state index contributed by atoms with van der Waals surface area (Å²) in [5, 5.41) is 12.2. The lowest BCUT2D eigenvalue weighted by Crippen LogP contribution is -2.22. The minimum absolute atomic E-state index is 0.0951. The van der Waals surface area contributed by atoms with Gasteiger partial charge in [0.1, 0.15) is 23.0 Å². The van der Waals surface area contributed by atoms with Gasteiger partial charge in [0.2, 0.25) is 5.95 Å². The molecule has 1 aliphatic rings. The molecule has 12 nitrogen and oxygen atoms in total. The molecule has 15 heteroatoms. The van der Waals surface area contributed by atoms with E-state index in [2.05, 4.69) is 10.4 Å². The summed E-state index contributed by atoms with van der Waals surface area (Å²) >= 11 is 0. The van der Waals surface area contributed by atoms with Gasteiger partial charge in [-0.25, -0.2) is 22.2 Å². The second-order valence-electron chi connectivity index (χ2n) is 13.1. The van der Waals surface area contributed by atoms with Gasteiger partial charge >= 0.3 is 0 Å². The smallest absolute Gasteiger partial charge is 0.229 e. The number of nitrogens with one attached hydrogen (secondary N) is 1. The number of hydrogen-bond acceptors (Lipinski definition) is 10. The van der Waals surface area contributed by atoms with Crippen LogP contribution in [-0.4, -0.2) is 58.4 Å². The standard InChI is InChI=1S/C38H38F2N8O4S/c1-23-16-33(45-48(23)21-25-8-14-29(52-4)15-9-25)47(20-24-6-12-28(51-3)13-7-24)37-34(26-10-11-26)35(27-19-41-46(2)22-27)42-38(44-37)43-36-31(39)17-30(18-32(36)40)53(5,49)50/h6-9,12-19,22,26H,10-11,20-21H2,1-5H3,(H,42,43,44). The van der Waals surface area contributed by atoms with Gasteiger partial charge in [-0.15, -0.1) is 0 Å². The van der Waals surface area contributed by atoms with Gasteiger partial charge in [-0.2, -0.15) is 15.2 Å². The Balaban J connectivity index is 1.39. The van der Waals surface area contributed by atoms with Crippen LogP contribution in [0.2, 0.25) is 0 Å². The summed E-state index contributed by atoms with van der Waals surface area (Å²) in [7, 11) is 1.16. The van der Waals surface area contributed by atoms with Crippen molar-refractivity contribution in [2.75, 3.05) is 30.7 Å². The molecule has 1 N–H and O–H groups in total. The first-order chi connectivity index (χ1) is 25.4. The van der Waals surface area contributed by atoms with Gasteiger partial charge in [-0.3, -0.25) is 9.36 Å². The van der Waals surface area contributed by atoms with Crippen molar-refractivity contribution < 1.29 is 26.7 Å². The van der Waals surface area contributed by atoms with Gasteiger partial charge in [0.05, 0.1) is 44.1 Å². The zero-order chi connectivity index (χ0) is 37.4. The fraction of sp³-hybridized carbons (Fsp3) is 0.263. The molecule has 1 saturated carbocycles. The van der Waals surface area contributed by atoms with Crippen LogP contribution in [0, 0.1) is 18.6 Å². The first-order valence-electron chi connectivity index (χ1n) is 16.8. The number of anilines is 4. The largest absolute Gasteiger partial charge is 0.497 e. The molecule has 3 aromatic carbocycles. The Morgan fingerprint density at radius 3 is 2.09 bits per heavy atom. The molecular formula is C38H38F2N8O4S. The molecule has 0 radical (unpaired) electrons. The molecule has 53 heavy (non-hydrogen) atoms. The third-order valence-corrected chi connectivity index (χ3v) is 10.2. The molecule has 0 amide bonds. The average molecular weight is 741 g/mol. The number of hydrogen-bond donors (Lipinski definition) is 1. The van der Waals surface area contributed by atoms with E-state index < -0.39 is 32.1 Å². The molecule has 6 aromatic rings. The number of nitrogens with zero attached hydrogens (tertiary/aromatic N) is 7. The Kier molecular flexibility index (Phi) is 9.60. The van der Waals surface area contributed by atoms with Crippen LogP contribution in [0.15, 0.2) is 84.0 Å². The van der Waals surface area contributed by atoms with E-state index in [0.29, 0.717) is 41.7 Å². The molecule has 0 saturated heterocycles. The van der Waals surface area contributed by atoms with Crippen LogP contribution < -0.4 is 19.7 Å². The molecule has 0 spiro atoms. The summed E-state index contributed by atoms with van der Waals surface area (Å²) in [6, 6.07) is 19.0. The maximum absolute atomic E-state index is 15.4. The molecule has 1 aliphatic carbocycles. The molecular weight excluding hydrogens is 703 g/mol. The van der Waals surface area contributed by atoms with E-state index in [-0.39, 0.29) is 11.9 Å². The molecule has 0 bridgehead atoms. The molecule has 1 fully saturated rings. The van der Waals surface area contributed by atoms with E-state index in [1.165, 1.54) is 0 Å². The first kappa shape index (κ1) is 35.6. The van der Waals surface area contributed by atoms with Gasteiger partial charge < -0.3 is 19.7 Å². The Hall–Kier alpha value is -5.83. The number of rotatable bonds is 13. The maximum Gasteiger partial charge on any atom is 0.229 e. The number of halogens is 2. The normalized spacial score (nSPS) is 12.9. The summed E-state index contributed by atoms with van der Waals surface area (Å²) in [4.78, 5) is 11.3. The predicted molar refractivity (Wildman–Crippen MR) is 197 cm³/mol. The Labute approximate surface area is 306 Å². The van der Waals surface area contributed by atoms with Crippen LogP contribution in [0.3, 0.4) is 0 Å². The van der Waals surface area contributed by atoms with E-state index in [0.717, 1.165) is 59.4 Å². The Morgan fingerprint density at radius 2 is 1.55 bits per heavy atom. The highest BCUT2D eigenvalue weighted by Gasteiger charge is 2.35. The lowest BCUT2D eigenvalue weighted by molar-refractivity contribution is 0.414. The summed E-state index contributed by atoms with van der Waals surface area (Å²) in [6.45, 7) is 2.81. The quantitative estimate of drug-likeness (QED) is 0.131. The van der Waals surface area contributed by atoms with Crippen molar-refractivity contribution in [2.45, 2.75) is 43.7 Å². The topological polar surface area (TPSA) is 129 Å². The van der Waals surface area contributed by atoms with Crippen molar-refractivity contribution in [1.82, 2.24) is 29.5 Å². The summed E-state index contributed by atoms with van der Waals surface area (Å²) < 4.78 is 69.4. The van der Waals surface area contributed by atoms with Crippen LogP contribution in [0.1, 0.15) is 41.1 Å². The molecule has 0 atom stereocenters. The van der Waals surface area contributed by atoms with Crippen molar-refractivity contribution in [3.63, 3.8) is 0 Å². The molecule has 0 aliphatic heterocycles. The van der Waals surface area contributed by atoms with E-state index in [1.54, 1.807) is 32.1 Å². The summed E-state index contributed by atoms with van der Waals surface area (Å²) in [5.41, 5.74) is 4.38. The van der Waals surface area contributed by atoms with Gasteiger partial charge in [0.15, 0.2) is 27.3 Å². The summed E-state index contributed by atoms with van der Waals surface area (Å²) in [5.74, 6) is 0.374. The molecule has 0 unspecified atom stereocenters. The monoisotopic (exact) mass is 740 g/mol. The fourth-order valence-electron chi connectivity index (χ4n) is 6.09. The van der Waals surface area contributed by atoms with Crippen molar-refractivity contribution >= 4 is 33.1 Å². The van der Waals surface area contributed by atoms with Crippen molar-refractivity contribution in [3.8, 4) is 22.8 Å². The van der Waals surface area contributed by atoms with E-state index in [9.17, 15) is 8.42 Å². The van der Waals surface area contributed by atoms with E-state index >= 15 is 8.78 Å². The highest BCUT2D eigenvalue weighted by Crippen LogP contribution is 2.49. The van der Waals surface area contributed by atoms with Gasteiger partial charge in [0, 0.05) is 42.4 Å². The lowest BCUT2D eigenvalue weighted by Gasteiger charge is -2.26. The minimum atomic E-state index is -3.87. The third kappa shape index (κ3) is 7.70. The van der Waals surface area contributed by atoms with E-state index in [4.69, 9.17) is 24.5 Å². The molecule has 274 valence electrons. The van der Waals surface area contributed by atoms with Gasteiger partial charge in [0.25, 0.3) is 0 Å². The summed E-state index contributed by atoms with van der Waals surface area (Å²) in [6.07, 6.45) is 6.19. The first-order valence-corrected chi connectivity index (χ1v) is 18.7. The molecule has 3 heterocycles. The molecule has 3 aromatic heterocycles. The zero-order valence-corrected chi connectivity index (χ0v) is 30.7. The Bertz CT molecular complexity index is 2370. The predicted octanol–water partition coefficient (Wildman–Crippen LogP) is 7.09. The number of aromatic nitrogens is 6. The number of aryl methyl sites for hydroxylation is 2. The molecule has 7 rings (SSSR count). The highest BCUT2D eigenvalue weighted by atomic mass is 32.2. The van der Waals surface area contributed by atoms with Crippen LogP contribution in [0.25, 0.3) is 11.3 Å². The fourth-order valence-corrected chi connectivity index (χ4v) is 6.73. The van der Waals surface area contributed by atoms with Crippen LogP contribution in [0.4, 0.5) is 32.1 Å². The number of benzene rings is 3. The highest BCUT2D eigenvalue weighted by molar-refractivity contribution is 7.90. The zero-order valence-electron chi connectivity index (χ0n) is 29.8. The Morgan fingerprint density at radius 1 is 0.925 bits per heavy atom. The number of ether oxygens (including phenoxy) is 2. The number of methoxy groups -OCH3 is 2. The number of sulfone groups is 1. The second-order valence-corrected chi connectivity index (χ2v) is 15.1. The average Bonchev–Trinajstić information content (AvgIpc) is 3.78.